The van der Waals surface area contributed by atoms with Crippen molar-refractivity contribution >= 4 is 5.97 Å². The van der Waals surface area contributed by atoms with E-state index in [9.17, 15) is 9.90 Å². The van der Waals surface area contributed by atoms with Crippen LogP contribution < -0.4 is 9.47 Å². The van der Waals surface area contributed by atoms with E-state index in [1.54, 1.807) is 0 Å². The lowest BCUT2D eigenvalue weighted by Crippen LogP contribution is -2.41. The summed E-state index contributed by atoms with van der Waals surface area (Å²) in [6, 6.07) is 6.41. The summed E-state index contributed by atoms with van der Waals surface area (Å²) in [6.07, 6.45) is 5.00. The number of carboxylic acids is 1. The lowest BCUT2D eigenvalue weighted by Gasteiger charge is -2.37. The number of hydrogen-bond donors (Lipinski definition) is 1. The van der Waals surface area contributed by atoms with Crippen LogP contribution in [0.3, 0.4) is 0 Å². The summed E-state index contributed by atoms with van der Waals surface area (Å²) in [5.41, 5.74) is 1.19. The molecule has 1 aliphatic rings. The number of rotatable bonds is 10. The lowest BCUT2D eigenvalue weighted by atomic mass is 9.92. The molecule has 1 N–H and O–H groups in total. The molecular formula is C21H33NO4. The molecule has 1 aromatic carbocycles. The van der Waals surface area contributed by atoms with Gasteiger partial charge in [0.15, 0.2) is 11.5 Å². The van der Waals surface area contributed by atoms with Crippen LogP contribution in [0, 0.1) is 5.92 Å². The molecule has 1 saturated heterocycles. The van der Waals surface area contributed by atoms with Crippen molar-refractivity contribution in [1.82, 2.24) is 4.90 Å². The minimum atomic E-state index is -0.675. The maximum atomic E-state index is 11.5. The molecule has 0 aromatic heterocycles. The zero-order chi connectivity index (χ0) is 18.9. The van der Waals surface area contributed by atoms with Gasteiger partial charge in [0.1, 0.15) is 0 Å². The molecule has 5 heteroatoms. The van der Waals surface area contributed by atoms with Gasteiger partial charge in [-0.2, -0.15) is 0 Å². The Balaban J connectivity index is 2.27. The smallest absolute Gasteiger partial charge is 0.307 e. The first-order valence-corrected chi connectivity index (χ1v) is 9.97. The van der Waals surface area contributed by atoms with Gasteiger partial charge in [0.25, 0.3) is 0 Å². The first-order chi connectivity index (χ1) is 12.6. The van der Waals surface area contributed by atoms with Crippen molar-refractivity contribution in [3.8, 4) is 11.5 Å². The zero-order valence-corrected chi connectivity index (χ0v) is 16.4. The molecule has 0 radical (unpaired) electrons. The number of piperidine rings is 1. The van der Waals surface area contributed by atoms with E-state index in [1.807, 2.05) is 19.9 Å². The summed E-state index contributed by atoms with van der Waals surface area (Å²) in [5.74, 6) is 0.613. The third-order valence-electron chi connectivity index (χ3n) is 5.03. The molecule has 26 heavy (non-hydrogen) atoms. The molecule has 0 amide bonds. The van der Waals surface area contributed by atoms with Crippen LogP contribution in [-0.2, 0) is 4.79 Å². The Hall–Kier alpha value is -1.75. The minimum Gasteiger partial charge on any atom is -0.490 e. The number of likely N-dealkylation sites (tertiary alicyclic amines) is 1. The van der Waals surface area contributed by atoms with Gasteiger partial charge in [-0.15, -0.1) is 0 Å². The van der Waals surface area contributed by atoms with E-state index in [0.717, 1.165) is 50.1 Å². The highest BCUT2D eigenvalue weighted by molar-refractivity contribution is 5.70. The Morgan fingerprint density at radius 1 is 1.23 bits per heavy atom. The summed E-state index contributed by atoms with van der Waals surface area (Å²) in [6.45, 7) is 8.90. The molecule has 0 bridgehead atoms. The third-order valence-corrected chi connectivity index (χ3v) is 5.03. The van der Waals surface area contributed by atoms with E-state index >= 15 is 0 Å². The van der Waals surface area contributed by atoms with Crippen molar-refractivity contribution in [2.75, 3.05) is 26.3 Å². The van der Waals surface area contributed by atoms with E-state index in [4.69, 9.17) is 9.47 Å². The molecule has 1 fully saturated rings. The molecule has 0 aliphatic carbocycles. The number of nitrogens with zero attached hydrogens (tertiary/aromatic N) is 1. The number of benzene rings is 1. The number of ether oxygens (including phenoxy) is 2. The highest BCUT2D eigenvalue weighted by Gasteiger charge is 2.30. The fourth-order valence-corrected chi connectivity index (χ4v) is 3.72. The number of aliphatic carboxylic acids is 1. The second-order valence-electron chi connectivity index (χ2n) is 6.90. The standard InChI is InChI=1S/C21H33NO4/c1-4-7-10-18(22-13-8-9-17(15-22)21(23)24)16-11-12-19(25-5-2)20(14-16)26-6-3/h11-12,14,17-18H,4-10,13,15H2,1-3H3,(H,23,24). The van der Waals surface area contributed by atoms with E-state index in [0.29, 0.717) is 19.8 Å². The normalized spacial score (nSPS) is 19.1. The molecule has 5 nitrogen and oxygen atoms in total. The fraction of sp³-hybridized carbons (Fsp3) is 0.667. The van der Waals surface area contributed by atoms with E-state index in [1.165, 1.54) is 5.56 Å². The molecule has 2 atom stereocenters. The second kappa shape index (κ2) is 10.4. The van der Waals surface area contributed by atoms with E-state index in [2.05, 4.69) is 24.0 Å². The first kappa shape index (κ1) is 20.6. The average molecular weight is 363 g/mol. The predicted octanol–water partition coefficient (Wildman–Crippen LogP) is 4.51. The molecular weight excluding hydrogens is 330 g/mol. The third kappa shape index (κ3) is 5.37. The largest absolute Gasteiger partial charge is 0.490 e. The van der Waals surface area contributed by atoms with Gasteiger partial charge >= 0.3 is 5.97 Å². The highest BCUT2D eigenvalue weighted by atomic mass is 16.5. The van der Waals surface area contributed by atoms with Gasteiger partial charge in [0.05, 0.1) is 19.1 Å². The summed E-state index contributed by atoms with van der Waals surface area (Å²) >= 11 is 0. The maximum absolute atomic E-state index is 11.5. The minimum absolute atomic E-state index is 0.229. The Kier molecular flexibility index (Phi) is 8.23. The number of hydrogen-bond acceptors (Lipinski definition) is 4. The van der Waals surface area contributed by atoms with Crippen molar-refractivity contribution in [2.45, 2.75) is 58.9 Å². The molecule has 1 aliphatic heterocycles. The Morgan fingerprint density at radius 3 is 2.62 bits per heavy atom. The Bertz CT molecular complexity index is 575. The van der Waals surface area contributed by atoms with Gasteiger partial charge in [-0.05, 0) is 57.4 Å². The van der Waals surface area contributed by atoms with Crippen molar-refractivity contribution in [1.29, 1.82) is 0 Å². The molecule has 2 unspecified atom stereocenters. The molecule has 2 rings (SSSR count). The van der Waals surface area contributed by atoms with Crippen LogP contribution in [0.4, 0.5) is 0 Å². The maximum Gasteiger partial charge on any atom is 0.307 e. The quantitative estimate of drug-likeness (QED) is 0.663. The van der Waals surface area contributed by atoms with Gasteiger partial charge in [-0.3, -0.25) is 9.69 Å². The summed E-state index contributed by atoms with van der Waals surface area (Å²) < 4.78 is 11.5. The zero-order valence-electron chi connectivity index (χ0n) is 16.4. The molecule has 0 spiro atoms. The fourth-order valence-electron chi connectivity index (χ4n) is 3.72. The highest BCUT2D eigenvalue weighted by Crippen LogP contribution is 2.36. The molecule has 0 saturated carbocycles. The SMILES string of the molecule is CCCCC(c1ccc(OCC)c(OCC)c1)N1CCCC(C(=O)O)C1. The predicted molar refractivity (Wildman–Crippen MR) is 103 cm³/mol. The monoisotopic (exact) mass is 363 g/mol. The topological polar surface area (TPSA) is 59.0 Å². The van der Waals surface area contributed by atoms with Crippen LogP contribution >= 0.6 is 0 Å². The Morgan fingerprint density at radius 2 is 1.96 bits per heavy atom. The Labute approximate surface area is 157 Å². The summed E-state index contributed by atoms with van der Waals surface area (Å²) in [5, 5.41) is 9.43. The van der Waals surface area contributed by atoms with Crippen LogP contribution in [0.15, 0.2) is 18.2 Å². The number of carbonyl (C=O) groups is 1. The average Bonchev–Trinajstić information content (AvgIpc) is 2.64. The van der Waals surface area contributed by atoms with Crippen LogP contribution in [0.25, 0.3) is 0 Å². The van der Waals surface area contributed by atoms with Crippen LogP contribution in [0.2, 0.25) is 0 Å². The number of unbranched alkanes of at least 4 members (excludes halogenated alkanes) is 1. The van der Waals surface area contributed by atoms with Crippen LogP contribution in [0.1, 0.15) is 64.5 Å². The molecule has 1 heterocycles. The van der Waals surface area contributed by atoms with Crippen LogP contribution in [0.5, 0.6) is 11.5 Å². The second-order valence-corrected chi connectivity index (χ2v) is 6.90. The lowest BCUT2D eigenvalue weighted by molar-refractivity contribution is -0.144. The van der Waals surface area contributed by atoms with Crippen molar-refractivity contribution < 1.29 is 19.4 Å². The summed E-state index contributed by atoms with van der Waals surface area (Å²) in [4.78, 5) is 13.8. The molecule has 1 aromatic rings. The van der Waals surface area contributed by atoms with Crippen molar-refractivity contribution in [3.05, 3.63) is 23.8 Å². The van der Waals surface area contributed by atoms with Gasteiger partial charge in [0.2, 0.25) is 0 Å². The van der Waals surface area contributed by atoms with Crippen LogP contribution in [-0.4, -0.2) is 42.3 Å². The van der Waals surface area contributed by atoms with Crippen molar-refractivity contribution in [2.24, 2.45) is 5.92 Å². The van der Waals surface area contributed by atoms with Gasteiger partial charge < -0.3 is 14.6 Å². The van der Waals surface area contributed by atoms with E-state index in [-0.39, 0.29) is 12.0 Å². The van der Waals surface area contributed by atoms with E-state index < -0.39 is 5.97 Å². The molecule has 146 valence electrons. The van der Waals surface area contributed by atoms with Gasteiger partial charge in [0, 0.05) is 12.6 Å². The summed E-state index contributed by atoms with van der Waals surface area (Å²) in [7, 11) is 0. The van der Waals surface area contributed by atoms with Crippen molar-refractivity contribution in [3.63, 3.8) is 0 Å². The van der Waals surface area contributed by atoms with Gasteiger partial charge in [-0.25, -0.2) is 0 Å². The first-order valence-electron chi connectivity index (χ1n) is 9.97. The number of carboxylic acid groups (broad SMARTS) is 1. The van der Waals surface area contributed by atoms with Gasteiger partial charge in [-0.1, -0.05) is 25.8 Å².